The maximum absolute atomic E-state index is 11.8. The van der Waals surface area contributed by atoms with Gasteiger partial charge in [-0.25, -0.2) is 13.1 Å². The van der Waals surface area contributed by atoms with Crippen molar-refractivity contribution in [3.63, 3.8) is 0 Å². The summed E-state index contributed by atoms with van der Waals surface area (Å²) in [5.41, 5.74) is 0. The Morgan fingerprint density at radius 1 is 1.35 bits per heavy atom. The lowest BCUT2D eigenvalue weighted by molar-refractivity contribution is 0.0911. The molecule has 1 fully saturated rings. The van der Waals surface area contributed by atoms with Gasteiger partial charge in [0.05, 0.1) is 18.5 Å². The Hall–Kier alpha value is 0.160. The molecule has 1 rings (SSSR count). The van der Waals surface area contributed by atoms with E-state index in [0.717, 1.165) is 25.7 Å². The highest BCUT2D eigenvalue weighted by molar-refractivity contribution is 7.89. The number of alkyl halides is 1. The fraction of sp³-hybridized carbons (Fsp3) is 1.00. The van der Waals surface area contributed by atoms with Gasteiger partial charge in [0.2, 0.25) is 10.0 Å². The van der Waals surface area contributed by atoms with Gasteiger partial charge in [0.1, 0.15) is 0 Å². The maximum Gasteiger partial charge on any atom is 0.214 e. The van der Waals surface area contributed by atoms with Crippen molar-refractivity contribution in [2.24, 2.45) is 0 Å². The fourth-order valence-electron chi connectivity index (χ4n) is 1.90. The predicted molar refractivity (Wildman–Crippen MR) is 69.9 cm³/mol. The molecule has 0 radical (unpaired) electrons. The molecule has 6 heteroatoms. The van der Waals surface area contributed by atoms with Crippen molar-refractivity contribution in [3.8, 4) is 0 Å². The Balaban J connectivity index is 2.37. The van der Waals surface area contributed by atoms with E-state index in [1.165, 1.54) is 0 Å². The molecule has 17 heavy (non-hydrogen) atoms. The topological polar surface area (TPSA) is 55.4 Å². The van der Waals surface area contributed by atoms with Crippen LogP contribution >= 0.6 is 11.6 Å². The minimum atomic E-state index is -3.27. The lowest BCUT2D eigenvalue weighted by Crippen LogP contribution is -2.44. The van der Waals surface area contributed by atoms with E-state index in [-0.39, 0.29) is 29.9 Å². The first-order chi connectivity index (χ1) is 7.91. The number of hydrogen-bond donors (Lipinski definition) is 1. The normalized spacial score (nSPS) is 26.4. The zero-order valence-corrected chi connectivity index (χ0v) is 12.1. The minimum Gasteiger partial charge on any atom is -0.378 e. The van der Waals surface area contributed by atoms with Crippen LogP contribution in [0.1, 0.15) is 39.5 Å². The molecule has 0 amide bonds. The third-order valence-electron chi connectivity index (χ3n) is 2.82. The first-order valence-electron chi connectivity index (χ1n) is 6.16. The molecular formula is C11H22ClNO3S. The number of hydrogen-bond acceptors (Lipinski definition) is 3. The molecule has 2 atom stereocenters. The molecule has 0 saturated heterocycles. The van der Waals surface area contributed by atoms with E-state index in [9.17, 15) is 8.42 Å². The van der Waals surface area contributed by atoms with Gasteiger partial charge in [0.25, 0.3) is 0 Å². The van der Waals surface area contributed by atoms with Crippen LogP contribution in [0.4, 0.5) is 0 Å². The molecule has 1 aliphatic rings. The van der Waals surface area contributed by atoms with E-state index in [1.807, 2.05) is 13.8 Å². The van der Waals surface area contributed by atoms with E-state index >= 15 is 0 Å². The highest BCUT2D eigenvalue weighted by Gasteiger charge is 2.27. The molecule has 1 aliphatic carbocycles. The molecule has 4 nitrogen and oxygen atoms in total. The first kappa shape index (κ1) is 15.2. The first-order valence-corrected chi connectivity index (χ1v) is 8.25. The second-order valence-corrected chi connectivity index (χ2v) is 7.20. The van der Waals surface area contributed by atoms with Gasteiger partial charge in [-0.1, -0.05) is 12.8 Å². The van der Waals surface area contributed by atoms with Gasteiger partial charge in [0, 0.05) is 11.4 Å². The fourth-order valence-corrected chi connectivity index (χ4v) is 3.50. The van der Waals surface area contributed by atoms with Crippen molar-refractivity contribution in [1.29, 1.82) is 0 Å². The van der Waals surface area contributed by atoms with Crippen LogP contribution in [0.15, 0.2) is 0 Å². The smallest absolute Gasteiger partial charge is 0.214 e. The quantitative estimate of drug-likeness (QED) is 0.757. The Kier molecular flexibility index (Phi) is 6.20. The molecule has 0 aromatic carbocycles. The number of rotatable bonds is 6. The van der Waals surface area contributed by atoms with Crippen LogP contribution in [-0.2, 0) is 14.8 Å². The van der Waals surface area contributed by atoms with Gasteiger partial charge >= 0.3 is 0 Å². The molecule has 102 valence electrons. The van der Waals surface area contributed by atoms with Crippen molar-refractivity contribution in [3.05, 3.63) is 0 Å². The molecular weight excluding hydrogens is 262 g/mol. The second kappa shape index (κ2) is 6.92. The number of nitrogens with one attached hydrogen (secondary N) is 1. The van der Waals surface area contributed by atoms with Crippen LogP contribution in [0.3, 0.4) is 0 Å². The Labute approximate surface area is 109 Å². The van der Waals surface area contributed by atoms with E-state index in [2.05, 4.69) is 4.72 Å². The molecule has 0 spiro atoms. The average Bonchev–Trinajstić information content (AvgIpc) is 2.20. The van der Waals surface area contributed by atoms with Crippen LogP contribution in [0.25, 0.3) is 0 Å². The molecule has 1 N–H and O–H groups in total. The van der Waals surface area contributed by atoms with Gasteiger partial charge in [0.15, 0.2) is 0 Å². The highest BCUT2D eigenvalue weighted by Crippen LogP contribution is 2.23. The zero-order valence-electron chi connectivity index (χ0n) is 10.5. The molecule has 1 saturated carbocycles. The van der Waals surface area contributed by atoms with Crippen molar-refractivity contribution >= 4 is 21.6 Å². The van der Waals surface area contributed by atoms with Crippen molar-refractivity contribution in [2.45, 2.75) is 57.1 Å². The standard InChI is InChI=1S/C11H22ClNO3S/c1-9(2)16-7-8-17(14,15)13-11-6-4-3-5-10(11)12/h9-11,13H,3-8H2,1-2H3. The molecule has 0 bridgehead atoms. The van der Waals surface area contributed by atoms with E-state index in [1.54, 1.807) is 0 Å². The third-order valence-corrected chi connectivity index (χ3v) is 4.70. The van der Waals surface area contributed by atoms with E-state index < -0.39 is 10.0 Å². The van der Waals surface area contributed by atoms with Crippen molar-refractivity contribution in [2.75, 3.05) is 12.4 Å². The summed E-state index contributed by atoms with van der Waals surface area (Å²) in [7, 11) is -3.27. The second-order valence-electron chi connectivity index (χ2n) is 4.76. The summed E-state index contributed by atoms with van der Waals surface area (Å²) in [6.45, 7) is 4.00. The lowest BCUT2D eigenvalue weighted by atomic mass is 9.96. The van der Waals surface area contributed by atoms with Crippen molar-refractivity contribution < 1.29 is 13.2 Å². The van der Waals surface area contributed by atoms with Gasteiger partial charge in [-0.3, -0.25) is 0 Å². The highest BCUT2D eigenvalue weighted by atomic mass is 35.5. The van der Waals surface area contributed by atoms with Crippen LogP contribution in [0, 0.1) is 0 Å². The molecule has 0 aliphatic heterocycles. The maximum atomic E-state index is 11.8. The molecule has 0 aromatic heterocycles. The number of sulfonamides is 1. The van der Waals surface area contributed by atoms with Crippen LogP contribution < -0.4 is 4.72 Å². The lowest BCUT2D eigenvalue weighted by Gasteiger charge is -2.27. The summed E-state index contributed by atoms with van der Waals surface area (Å²) in [6.07, 6.45) is 3.90. The van der Waals surface area contributed by atoms with Gasteiger partial charge in [-0.15, -0.1) is 11.6 Å². The van der Waals surface area contributed by atoms with Crippen LogP contribution in [-0.4, -0.2) is 38.3 Å². The van der Waals surface area contributed by atoms with E-state index in [4.69, 9.17) is 16.3 Å². The van der Waals surface area contributed by atoms with Crippen molar-refractivity contribution in [1.82, 2.24) is 4.72 Å². The SMILES string of the molecule is CC(C)OCCS(=O)(=O)NC1CCCCC1Cl. The van der Waals surface area contributed by atoms with Gasteiger partial charge < -0.3 is 4.74 Å². The summed E-state index contributed by atoms with van der Waals surface area (Å²) >= 11 is 6.12. The summed E-state index contributed by atoms with van der Waals surface area (Å²) in [4.78, 5) is 0. The minimum absolute atomic E-state index is 0.00525. The largest absolute Gasteiger partial charge is 0.378 e. The third kappa shape index (κ3) is 6.04. The summed E-state index contributed by atoms with van der Waals surface area (Å²) in [5.74, 6) is 0.00525. The summed E-state index contributed by atoms with van der Waals surface area (Å²) in [5, 5.41) is -0.0791. The Morgan fingerprint density at radius 2 is 2.00 bits per heavy atom. The van der Waals surface area contributed by atoms with Gasteiger partial charge in [-0.2, -0.15) is 0 Å². The summed E-state index contributed by atoms with van der Waals surface area (Å²) < 4.78 is 31.5. The Morgan fingerprint density at radius 3 is 2.59 bits per heavy atom. The summed E-state index contributed by atoms with van der Waals surface area (Å²) in [6, 6.07) is -0.116. The predicted octanol–water partition coefficient (Wildman–Crippen LogP) is 1.88. The average molecular weight is 284 g/mol. The van der Waals surface area contributed by atoms with Crippen LogP contribution in [0.5, 0.6) is 0 Å². The zero-order chi connectivity index (χ0) is 12.9. The molecule has 2 unspecified atom stereocenters. The number of ether oxygens (including phenoxy) is 1. The van der Waals surface area contributed by atoms with Crippen LogP contribution in [0.2, 0.25) is 0 Å². The molecule has 0 aromatic rings. The monoisotopic (exact) mass is 283 g/mol. The van der Waals surface area contributed by atoms with E-state index in [0.29, 0.717) is 0 Å². The van der Waals surface area contributed by atoms with Gasteiger partial charge in [-0.05, 0) is 26.7 Å². The Bertz CT molecular complexity index is 319. The number of halogens is 1. The molecule has 0 heterocycles.